The second-order valence-electron chi connectivity index (χ2n) is 1.57. The van der Waals surface area contributed by atoms with Gasteiger partial charge in [-0.25, -0.2) is 9.59 Å². The van der Waals surface area contributed by atoms with Gasteiger partial charge < -0.3 is 20.4 Å². The van der Waals surface area contributed by atoms with Gasteiger partial charge in [0.15, 0.2) is 12.2 Å². The number of carbonyl (C=O) groups is 2. The molecule has 0 fully saturated rings. The van der Waals surface area contributed by atoms with Crippen LogP contribution in [0.4, 0.5) is 0 Å². The van der Waals surface area contributed by atoms with Gasteiger partial charge in [0, 0.05) is 26.2 Å². The van der Waals surface area contributed by atoms with E-state index in [-0.39, 0.29) is 55.8 Å². The Morgan fingerprint density at radius 1 is 0.917 bits per heavy atom. The molecule has 6 nitrogen and oxygen atoms in total. The van der Waals surface area contributed by atoms with Crippen molar-refractivity contribution in [3.05, 3.63) is 0 Å². The standard InChI is InChI=1S/C4H6O6.Bi.Na/c5-1(3(7)8)2(6)4(9)10;;/h1-2,5-6H,(H,7,8)(H,9,10);;/q;;+1. The SMILES string of the molecule is O=C(O)C(O)C(O)C(=O)O.[Bi].[Na+]. The van der Waals surface area contributed by atoms with Gasteiger partial charge in [0.2, 0.25) is 0 Å². The largest absolute Gasteiger partial charge is 1.00 e. The number of rotatable bonds is 3. The van der Waals surface area contributed by atoms with E-state index in [0.29, 0.717) is 0 Å². The molecule has 2 atom stereocenters. The molecule has 0 spiro atoms. The van der Waals surface area contributed by atoms with Gasteiger partial charge in [0.25, 0.3) is 0 Å². The molecule has 0 aliphatic rings. The average molecular weight is 382 g/mol. The van der Waals surface area contributed by atoms with E-state index in [1.165, 1.54) is 0 Å². The van der Waals surface area contributed by atoms with Crippen LogP contribution in [0.2, 0.25) is 0 Å². The van der Waals surface area contributed by atoms with Crippen molar-refractivity contribution in [3.63, 3.8) is 0 Å². The van der Waals surface area contributed by atoms with Gasteiger partial charge in [-0.1, -0.05) is 0 Å². The normalized spacial score (nSPS) is 13.2. The number of hydrogen-bond acceptors (Lipinski definition) is 4. The van der Waals surface area contributed by atoms with Crippen molar-refractivity contribution in [1.29, 1.82) is 0 Å². The number of aliphatic hydroxyl groups is 2. The molecule has 0 bridgehead atoms. The van der Waals surface area contributed by atoms with E-state index in [4.69, 9.17) is 20.4 Å². The van der Waals surface area contributed by atoms with Gasteiger partial charge in [-0.15, -0.1) is 0 Å². The van der Waals surface area contributed by atoms with Crippen LogP contribution < -0.4 is 29.6 Å². The summed E-state index contributed by atoms with van der Waals surface area (Å²) in [4.78, 5) is 19.5. The molecule has 4 N–H and O–H groups in total. The molecule has 3 radical (unpaired) electrons. The molecule has 2 unspecified atom stereocenters. The Labute approximate surface area is 109 Å². The van der Waals surface area contributed by atoms with Gasteiger partial charge >= 0.3 is 41.5 Å². The van der Waals surface area contributed by atoms with E-state index in [1.807, 2.05) is 0 Å². The summed E-state index contributed by atoms with van der Waals surface area (Å²) in [5, 5.41) is 32.5. The molecule has 0 heterocycles. The number of hydrogen-bond donors (Lipinski definition) is 4. The van der Waals surface area contributed by atoms with Gasteiger partial charge in [0.1, 0.15) is 0 Å². The summed E-state index contributed by atoms with van der Waals surface area (Å²) >= 11 is 0. The first-order valence-corrected chi connectivity index (χ1v) is 2.28. The first-order valence-electron chi connectivity index (χ1n) is 2.28. The minimum atomic E-state index is -2.27. The van der Waals surface area contributed by atoms with Crippen LogP contribution in [0.3, 0.4) is 0 Å². The number of carboxylic acids is 2. The van der Waals surface area contributed by atoms with Crippen LogP contribution in [0, 0.1) is 0 Å². The molecule has 0 aliphatic heterocycles. The van der Waals surface area contributed by atoms with Crippen molar-refractivity contribution in [1.82, 2.24) is 0 Å². The monoisotopic (exact) mass is 382 g/mol. The van der Waals surface area contributed by atoms with E-state index in [1.54, 1.807) is 0 Å². The van der Waals surface area contributed by atoms with Crippen LogP contribution in [0.5, 0.6) is 0 Å². The molecule has 0 aromatic heterocycles. The third-order valence-electron chi connectivity index (χ3n) is 0.805. The van der Waals surface area contributed by atoms with Crippen molar-refractivity contribution in [2.24, 2.45) is 0 Å². The van der Waals surface area contributed by atoms with E-state index >= 15 is 0 Å². The molecule has 0 saturated heterocycles. The fraction of sp³-hybridized carbons (Fsp3) is 0.500. The van der Waals surface area contributed by atoms with Crippen LogP contribution in [-0.2, 0) is 9.59 Å². The molecule has 0 aromatic carbocycles. The predicted octanol–water partition coefficient (Wildman–Crippen LogP) is -5.50. The molecule has 0 amide bonds. The summed E-state index contributed by atoms with van der Waals surface area (Å²) in [6, 6.07) is 0. The molecule has 8 heteroatoms. The molecular formula is C4H6BiNaO6+. The van der Waals surface area contributed by atoms with E-state index in [9.17, 15) is 9.59 Å². The molecule has 12 heavy (non-hydrogen) atoms. The zero-order valence-corrected chi connectivity index (χ0v) is 11.7. The average Bonchev–Trinajstić information content (AvgIpc) is 1.84. The zero-order valence-electron chi connectivity index (χ0n) is 6.21. The van der Waals surface area contributed by atoms with E-state index in [2.05, 4.69) is 0 Å². The topological polar surface area (TPSA) is 115 Å². The Balaban J connectivity index is -0.000000405. The smallest absolute Gasteiger partial charge is 0.479 e. The molecule has 0 saturated carbocycles. The van der Waals surface area contributed by atoms with Crippen LogP contribution in [-0.4, -0.2) is 70.8 Å². The van der Waals surface area contributed by atoms with Crippen molar-refractivity contribution in [3.8, 4) is 0 Å². The third kappa shape index (κ3) is 6.28. The molecule has 0 aromatic rings. The fourth-order valence-electron chi connectivity index (χ4n) is 0.270. The summed E-state index contributed by atoms with van der Waals surface area (Å²) in [5.41, 5.74) is 0. The zero-order chi connectivity index (χ0) is 8.31. The Morgan fingerprint density at radius 2 is 1.08 bits per heavy atom. The molecule has 0 rings (SSSR count). The Hall–Kier alpha value is 0.743. The van der Waals surface area contributed by atoms with Crippen molar-refractivity contribution in [2.45, 2.75) is 12.2 Å². The summed E-state index contributed by atoms with van der Waals surface area (Å²) in [6.07, 6.45) is -4.53. The van der Waals surface area contributed by atoms with Crippen molar-refractivity contribution < 1.29 is 59.6 Å². The van der Waals surface area contributed by atoms with Gasteiger partial charge in [-0.3, -0.25) is 0 Å². The molecule has 63 valence electrons. The second kappa shape index (κ2) is 8.35. The van der Waals surface area contributed by atoms with Crippen LogP contribution in [0.15, 0.2) is 0 Å². The molecular weight excluding hydrogens is 376 g/mol. The Kier molecular flexibility index (Phi) is 12.9. The van der Waals surface area contributed by atoms with Gasteiger partial charge in [0.05, 0.1) is 0 Å². The maximum Gasteiger partial charge on any atom is 1.00 e. The number of aliphatic hydroxyl groups excluding tert-OH is 2. The first-order chi connectivity index (χ1) is 4.46. The molecule has 0 aliphatic carbocycles. The quantitative estimate of drug-likeness (QED) is 0.362. The summed E-state index contributed by atoms with van der Waals surface area (Å²) in [7, 11) is 0. The van der Waals surface area contributed by atoms with Gasteiger partial charge in [-0.05, 0) is 0 Å². The van der Waals surface area contributed by atoms with Crippen molar-refractivity contribution in [2.75, 3.05) is 0 Å². The Bertz CT molecular complexity index is 144. The second-order valence-corrected chi connectivity index (χ2v) is 1.57. The fourth-order valence-corrected chi connectivity index (χ4v) is 0.270. The van der Waals surface area contributed by atoms with E-state index < -0.39 is 24.1 Å². The van der Waals surface area contributed by atoms with Crippen LogP contribution >= 0.6 is 0 Å². The van der Waals surface area contributed by atoms with Crippen molar-refractivity contribution >= 4 is 38.1 Å². The maximum atomic E-state index is 9.77. The summed E-state index contributed by atoms with van der Waals surface area (Å²) < 4.78 is 0. The Morgan fingerprint density at radius 3 is 1.17 bits per heavy atom. The summed E-state index contributed by atoms with van der Waals surface area (Å²) in [6.45, 7) is 0. The predicted molar refractivity (Wildman–Crippen MR) is 33.0 cm³/mol. The number of carboxylic acid groups (broad SMARTS) is 2. The first kappa shape index (κ1) is 18.5. The minimum Gasteiger partial charge on any atom is -0.479 e. The maximum absolute atomic E-state index is 9.77. The third-order valence-corrected chi connectivity index (χ3v) is 0.805. The van der Waals surface area contributed by atoms with Crippen LogP contribution in [0.25, 0.3) is 0 Å². The van der Waals surface area contributed by atoms with Gasteiger partial charge in [-0.2, -0.15) is 0 Å². The minimum absolute atomic E-state index is 0. The van der Waals surface area contributed by atoms with E-state index in [0.717, 1.165) is 0 Å². The number of aliphatic carboxylic acids is 2. The summed E-state index contributed by atoms with van der Waals surface area (Å²) in [5.74, 6) is -3.54. The van der Waals surface area contributed by atoms with Crippen LogP contribution in [0.1, 0.15) is 0 Å².